The number of fused-ring (bicyclic) bond motifs is 2. The van der Waals surface area contributed by atoms with Gasteiger partial charge in [0, 0.05) is 0 Å². The van der Waals surface area contributed by atoms with E-state index in [0.717, 1.165) is 32.1 Å². The standard InChI is InChI=1S/C16H36N.C8H14O4S/c1-5-9-13-17(14-10-6-2,15-11-7-3)16-12-8-4;9-13(10,11)12-8-5-6-2-1-3-7(8)4-6/h5-16H2,1-4H3;6-8H,1-5H2,(H,9,10,11)/q+1;/p-1. The van der Waals surface area contributed by atoms with Crippen LogP contribution in [0.3, 0.4) is 0 Å². The molecule has 3 atom stereocenters. The quantitative estimate of drug-likeness (QED) is 0.185. The summed E-state index contributed by atoms with van der Waals surface area (Å²) in [7, 11) is -4.50. The van der Waals surface area contributed by atoms with Crippen molar-refractivity contribution in [1.82, 2.24) is 0 Å². The van der Waals surface area contributed by atoms with Crippen molar-refractivity contribution in [3.63, 3.8) is 0 Å². The lowest BCUT2D eigenvalue weighted by Crippen LogP contribution is -2.50. The molecule has 0 radical (unpaired) electrons. The summed E-state index contributed by atoms with van der Waals surface area (Å²) in [6.07, 6.45) is 15.9. The van der Waals surface area contributed by atoms with Crippen LogP contribution in [0.5, 0.6) is 0 Å². The second kappa shape index (κ2) is 14.8. The van der Waals surface area contributed by atoms with Crippen LogP contribution in [0.2, 0.25) is 0 Å². The van der Waals surface area contributed by atoms with Crippen LogP contribution in [0.25, 0.3) is 0 Å². The molecule has 2 saturated carbocycles. The molecule has 5 nitrogen and oxygen atoms in total. The molecule has 6 heteroatoms. The fourth-order valence-corrected chi connectivity index (χ4v) is 5.86. The van der Waals surface area contributed by atoms with Crippen molar-refractivity contribution >= 4 is 10.4 Å². The summed E-state index contributed by atoms with van der Waals surface area (Å²) in [5.41, 5.74) is 0. The van der Waals surface area contributed by atoms with Gasteiger partial charge in [0.1, 0.15) is 0 Å². The van der Waals surface area contributed by atoms with Crippen LogP contribution in [-0.2, 0) is 14.6 Å². The molecule has 2 aliphatic rings. The molecule has 2 bridgehead atoms. The van der Waals surface area contributed by atoms with Gasteiger partial charge < -0.3 is 9.04 Å². The van der Waals surface area contributed by atoms with Gasteiger partial charge in [0.2, 0.25) is 10.4 Å². The average molecular weight is 448 g/mol. The van der Waals surface area contributed by atoms with Gasteiger partial charge in [-0.25, -0.2) is 8.42 Å². The molecule has 2 aliphatic carbocycles. The van der Waals surface area contributed by atoms with Gasteiger partial charge in [0.15, 0.2) is 0 Å². The molecule has 0 aromatic carbocycles. The minimum Gasteiger partial charge on any atom is -0.726 e. The van der Waals surface area contributed by atoms with Gasteiger partial charge in [0.25, 0.3) is 0 Å². The van der Waals surface area contributed by atoms with Crippen molar-refractivity contribution < 1.29 is 21.6 Å². The summed E-state index contributed by atoms with van der Waals surface area (Å²) < 4.78 is 37.1. The third kappa shape index (κ3) is 10.9. The Balaban J connectivity index is 0.000000308. The molecule has 0 aliphatic heterocycles. The summed E-state index contributed by atoms with van der Waals surface area (Å²) in [5, 5.41) is 0. The number of rotatable bonds is 14. The first-order valence-electron chi connectivity index (χ1n) is 12.8. The monoisotopic (exact) mass is 447 g/mol. The topological polar surface area (TPSA) is 66.4 Å². The predicted molar refractivity (Wildman–Crippen MR) is 124 cm³/mol. The molecule has 0 spiro atoms. The average Bonchev–Trinajstić information content (AvgIpc) is 2.98. The molecule has 180 valence electrons. The lowest BCUT2D eigenvalue weighted by molar-refractivity contribution is -0.929. The number of quaternary nitrogens is 1. The van der Waals surface area contributed by atoms with Crippen molar-refractivity contribution in [2.24, 2.45) is 11.8 Å². The van der Waals surface area contributed by atoms with E-state index < -0.39 is 10.4 Å². The summed E-state index contributed by atoms with van der Waals surface area (Å²) in [6.45, 7) is 15.0. The predicted octanol–water partition coefficient (Wildman–Crippen LogP) is 6.05. The first-order chi connectivity index (χ1) is 14.3. The largest absolute Gasteiger partial charge is 0.726 e. The molecule has 2 fully saturated rings. The Morgan fingerprint density at radius 2 is 1.27 bits per heavy atom. The van der Waals surface area contributed by atoms with Crippen LogP contribution in [0.1, 0.15) is 111 Å². The molecule has 0 heterocycles. The number of unbranched alkanes of at least 4 members (excludes halogenated alkanes) is 4. The lowest BCUT2D eigenvalue weighted by Gasteiger charge is -2.39. The molecule has 0 aromatic heterocycles. The Morgan fingerprint density at radius 3 is 1.63 bits per heavy atom. The zero-order valence-corrected chi connectivity index (χ0v) is 21.1. The minimum atomic E-state index is -4.50. The number of nitrogens with zero attached hydrogens (tertiary/aromatic N) is 1. The van der Waals surface area contributed by atoms with Crippen molar-refractivity contribution in [2.45, 2.75) is 117 Å². The van der Waals surface area contributed by atoms with Crippen LogP contribution >= 0.6 is 0 Å². The molecule has 2 rings (SSSR count). The smallest absolute Gasteiger partial charge is 0.217 e. The highest BCUT2D eigenvalue weighted by Crippen LogP contribution is 2.43. The maximum atomic E-state index is 10.4. The normalized spacial score (nSPS) is 23.8. The zero-order chi connectivity index (χ0) is 22.5. The van der Waals surface area contributed by atoms with Crippen LogP contribution in [0, 0.1) is 11.8 Å². The first kappa shape index (κ1) is 27.9. The van der Waals surface area contributed by atoms with E-state index in [1.165, 1.54) is 82.0 Å². The highest BCUT2D eigenvalue weighted by molar-refractivity contribution is 7.80. The van der Waals surface area contributed by atoms with Crippen LogP contribution in [0.4, 0.5) is 0 Å². The Kier molecular flexibility index (Phi) is 13.8. The number of hydrogen-bond acceptors (Lipinski definition) is 4. The number of hydrogen-bond donors (Lipinski definition) is 0. The van der Waals surface area contributed by atoms with Crippen LogP contribution in [0.15, 0.2) is 0 Å². The van der Waals surface area contributed by atoms with Crippen LogP contribution in [-0.4, -0.2) is 49.7 Å². The molecule has 0 aromatic rings. The van der Waals surface area contributed by atoms with E-state index in [4.69, 9.17) is 0 Å². The van der Waals surface area contributed by atoms with E-state index in [1.54, 1.807) is 0 Å². The fraction of sp³-hybridized carbons (Fsp3) is 1.00. The van der Waals surface area contributed by atoms with Crippen molar-refractivity contribution in [2.75, 3.05) is 26.2 Å². The molecule has 0 saturated heterocycles. The minimum absolute atomic E-state index is 0.308. The van der Waals surface area contributed by atoms with E-state index in [0.29, 0.717) is 11.8 Å². The van der Waals surface area contributed by atoms with Gasteiger partial charge in [-0.15, -0.1) is 0 Å². The fourth-order valence-electron chi connectivity index (χ4n) is 5.32. The lowest BCUT2D eigenvalue weighted by atomic mass is 9.89. The van der Waals surface area contributed by atoms with Crippen molar-refractivity contribution in [1.29, 1.82) is 0 Å². The van der Waals surface area contributed by atoms with Crippen molar-refractivity contribution in [3.05, 3.63) is 0 Å². The van der Waals surface area contributed by atoms with Gasteiger partial charge in [-0.1, -0.05) is 66.2 Å². The maximum absolute atomic E-state index is 10.4. The third-order valence-electron chi connectivity index (χ3n) is 7.10. The van der Waals surface area contributed by atoms with E-state index in [-0.39, 0.29) is 6.10 Å². The molecular formula is C24H49NO4S. The van der Waals surface area contributed by atoms with E-state index in [1.807, 2.05) is 0 Å². The summed E-state index contributed by atoms with van der Waals surface area (Å²) in [4.78, 5) is 0. The van der Waals surface area contributed by atoms with Crippen molar-refractivity contribution in [3.8, 4) is 0 Å². The van der Waals surface area contributed by atoms with E-state index in [9.17, 15) is 13.0 Å². The third-order valence-corrected chi connectivity index (χ3v) is 7.58. The highest BCUT2D eigenvalue weighted by atomic mass is 32.3. The van der Waals surface area contributed by atoms with Gasteiger partial charge in [0.05, 0.1) is 32.3 Å². The Morgan fingerprint density at radius 1 is 0.800 bits per heavy atom. The summed E-state index contributed by atoms with van der Waals surface area (Å²) in [6, 6.07) is 0. The Hall–Kier alpha value is -0.170. The van der Waals surface area contributed by atoms with Gasteiger partial charge in [-0.2, -0.15) is 0 Å². The van der Waals surface area contributed by atoms with Gasteiger partial charge in [-0.05, 0) is 56.8 Å². The van der Waals surface area contributed by atoms with Crippen LogP contribution < -0.4 is 0 Å². The first-order valence-corrected chi connectivity index (χ1v) is 14.1. The van der Waals surface area contributed by atoms with Gasteiger partial charge in [-0.3, -0.25) is 4.18 Å². The maximum Gasteiger partial charge on any atom is 0.217 e. The summed E-state index contributed by atoms with van der Waals surface area (Å²) >= 11 is 0. The Labute approximate surface area is 187 Å². The molecule has 0 amide bonds. The Bertz CT molecular complexity index is 500. The van der Waals surface area contributed by atoms with E-state index in [2.05, 4.69) is 31.9 Å². The highest BCUT2D eigenvalue weighted by Gasteiger charge is 2.38. The van der Waals surface area contributed by atoms with E-state index >= 15 is 0 Å². The molecule has 3 unspecified atom stereocenters. The van der Waals surface area contributed by atoms with Gasteiger partial charge >= 0.3 is 0 Å². The zero-order valence-electron chi connectivity index (χ0n) is 20.2. The molecule has 0 N–H and O–H groups in total. The molecular weight excluding hydrogens is 398 g/mol. The second-order valence-electron chi connectivity index (χ2n) is 9.72. The molecule has 30 heavy (non-hydrogen) atoms. The SMILES string of the molecule is CCCC[N+](CCCC)(CCCC)CCCC.O=S(=O)([O-])OC1CC2CCCC1C2. The summed E-state index contributed by atoms with van der Waals surface area (Å²) in [5.74, 6) is 0.896. The second-order valence-corrected chi connectivity index (χ2v) is 10.7.